The van der Waals surface area contributed by atoms with Crippen LogP contribution < -0.4 is 4.90 Å². The van der Waals surface area contributed by atoms with Crippen LogP contribution in [-0.4, -0.2) is 47.1 Å². The first kappa shape index (κ1) is 20.4. The van der Waals surface area contributed by atoms with Crippen molar-refractivity contribution < 1.29 is 14.3 Å². The Bertz CT molecular complexity index is 928. The van der Waals surface area contributed by atoms with Crippen molar-refractivity contribution >= 4 is 17.7 Å². The van der Waals surface area contributed by atoms with Crippen LogP contribution in [-0.2, 0) is 21.4 Å². The number of hydrogen-bond donors (Lipinski definition) is 0. The fourth-order valence-corrected chi connectivity index (χ4v) is 4.49. The number of benzene rings is 1. The highest BCUT2D eigenvalue weighted by atomic mass is 16.6. The maximum atomic E-state index is 12.9. The van der Waals surface area contributed by atoms with Crippen molar-refractivity contribution in [1.29, 1.82) is 0 Å². The van der Waals surface area contributed by atoms with Crippen molar-refractivity contribution in [3.63, 3.8) is 0 Å². The maximum Gasteiger partial charge on any atom is 0.414 e. The summed E-state index contributed by atoms with van der Waals surface area (Å²) < 4.78 is 5.65. The molecule has 3 heterocycles. The lowest BCUT2D eigenvalue weighted by atomic mass is 9.74. The highest BCUT2D eigenvalue weighted by molar-refractivity contribution is 5.91. The molecule has 1 saturated heterocycles. The van der Waals surface area contributed by atoms with Gasteiger partial charge in [-0.3, -0.25) is 14.7 Å². The summed E-state index contributed by atoms with van der Waals surface area (Å²) in [5.74, 6) is 0.110. The number of para-hydroxylation sites is 1. The monoisotopic (exact) mass is 407 g/mol. The number of ether oxygens (including phenoxy) is 1. The van der Waals surface area contributed by atoms with Gasteiger partial charge in [0.15, 0.2) is 0 Å². The number of likely N-dealkylation sites (tertiary alicyclic amines) is 1. The predicted octanol–water partition coefficient (Wildman–Crippen LogP) is 3.94. The third-order valence-corrected chi connectivity index (χ3v) is 5.97. The van der Waals surface area contributed by atoms with Crippen LogP contribution in [0, 0.1) is 0 Å². The summed E-state index contributed by atoms with van der Waals surface area (Å²) in [5, 5.41) is 0. The minimum atomic E-state index is -0.539. The molecule has 2 amide bonds. The standard InChI is InChI=1S/C24H29N3O3/c1-23(2,3)30-22(29)27-17-24(19-9-4-5-10-20(19)27)11-14-26(15-12-24)21(28)16-18-8-6-7-13-25-18/h4-10,13H,11-12,14-17H2,1-3H3. The molecule has 1 spiro atoms. The average Bonchev–Trinajstić information content (AvgIpc) is 3.03. The zero-order valence-electron chi connectivity index (χ0n) is 17.9. The molecule has 0 saturated carbocycles. The van der Waals surface area contributed by atoms with Crippen molar-refractivity contribution in [2.24, 2.45) is 0 Å². The van der Waals surface area contributed by atoms with Gasteiger partial charge in [-0.1, -0.05) is 24.3 Å². The molecule has 0 N–H and O–H groups in total. The number of aromatic nitrogens is 1. The van der Waals surface area contributed by atoms with Crippen LogP contribution in [0.4, 0.5) is 10.5 Å². The Balaban J connectivity index is 1.48. The summed E-state index contributed by atoms with van der Waals surface area (Å²) in [4.78, 5) is 33.6. The Morgan fingerprint density at radius 1 is 1.07 bits per heavy atom. The quantitative estimate of drug-likeness (QED) is 0.757. The smallest absolute Gasteiger partial charge is 0.414 e. The molecule has 0 unspecified atom stereocenters. The normalized spacial score (nSPS) is 17.7. The number of piperidine rings is 1. The van der Waals surface area contributed by atoms with Gasteiger partial charge in [0.25, 0.3) is 0 Å². The number of amides is 2. The van der Waals surface area contributed by atoms with Crippen molar-refractivity contribution in [3.05, 3.63) is 59.9 Å². The second-order valence-electron chi connectivity index (χ2n) is 9.24. The van der Waals surface area contributed by atoms with Gasteiger partial charge in [0.05, 0.1) is 12.1 Å². The lowest BCUT2D eigenvalue weighted by molar-refractivity contribution is -0.132. The fourth-order valence-electron chi connectivity index (χ4n) is 4.49. The van der Waals surface area contributed by atoms with E-state index >= 15 is 0 Å². The van der Waals surface area contributed by atoms with Gasteiger partial charge < -0.3 is 9.64 Å². The minimum Gasteiger partial charge on any atom is -0.443 e. The van der Waals surface area contributed by atoms with Crippen molar-refractivity contribution in [3.8, 4) is 0 Å². The molecule has 6 heteroatoms. The summed E-state index contributed by atoms with van der Waals surface area (Å²) in [7, 11) is 0. The molecular weight excluding hydrogens is 378 g/mol. The zero-order chi connectivity index (χ0) is 21.4. The van der Waals surface area contributed by atoms with Crippen LogP contribution in [0.2, 0.25) is 0 Å². The first-order valence-electron chi connectivity index (χ1n) is 10.6. The maximum absolute atomic E-state index is 12.9. The summed E-state index contributed by atoms with van der Waals surface area (Å²) in [6, 6.07) is 13.7. The molecule has 0 bridgehead atoms. The highest BCUT2D eigenvalue weighted by Crippen LogP contribution is 2.47. The van der Waals surface area contributed by atoms with E-state index < -0.39 is 5.60 Å². The van der Waals surface area contributed by atoms with E-state index in [4.69, 9.17) is 4.74 Å². The van der Waals surface area contributed by atoms with Gasteiger partial charge in [-0.2, -0.15) is 0 Å². The third kappa shape index (κ3) is 4.04. The number of carbonyl (C=O) groups is 2. The van der Waals surface area contributed by atoms with E-state index in [0.29, 0.717) is 26.1 Å². The van der Waals surface area contributed by atoms with Crippen LogP contribution in [0.5, 0.6) is 0 Å². The number of carbonyl (C=O) groups excluding carboxylic acids is 2. The van der Waals surface area contributed by atoms with Crippen LogP contribution >= 0.6 is 0 Å². The van der Waals surface area contributed by atoms with E-state index in [1.54, 1.807) is 11.1 Å². The molecule has 1 aromatic carbocycles. The Kier molecular flexibility index (Phi) is 5.26. The number of anilines is 1. The molecule has 2 aromatic rings. The minimum absolute atomic E-state index is 0.110. The van der Waals surface area contributed by atoms with Crippen LogP contribution in [0.3, 0.4) is 0 Å². The molecule has 1 aromatic heterocycles. The summed E-state index contributed by atoms with van der Waals surface area (Å²) in [6.45, 7) is 7.62. The lowest BCUT2D eigenvalue weighted by Gasteiger charge is -2.40. The number of pyridine rings is 1. The van der Waals surface area contributed by atoms with E-state index in [-0.39, 0.29) is 17.4 Å². The predicted molar refractivity (Wildman–Crippen MR) is 115 cm³/mol. The number of hydrogen-bond acceptors (Lipinski definition) is 4. The summed E-state index contributed by atoms with van der Waals surface area (Å²) in [5.41, 5.74) is 2.25. The zero-order valence-corrected chi connectivity index (χ0v) is 17.9. The van der Waals surface area contributed by atoms with Crippen molar-refractivity contribution in [2.75, 3.05) is 24.5 Å². The number of nitrogens with zero attached hydrogens (tertiary/aromatic N) is 3. The van der Waals surface area contributed by atoms with Gasteiger partial charge in [0.2, 0.25) is 5.91 Å². The van der Waals surface area contributed by atoms with E-state index in [2.05, 4.69) is 11.1 Å². The van der Waals surface area contributed by atoms with E-state index in [0.717, 1.165) is 24.2 Å². The number of fused-ring (bicyclic) bond motifs is 2. The van der Waals surface area contributed by atoms with Crippen LogP contribution in [0.1, 0.15) is 44.9 Å². The van der Waals surface area contributed by atoms with Gasteiger partial charge >= 0.3 is 6.09 Å². The van der Waals surface area contributed by atoms with Crippen molar-refractivity contribution in [1.82, 2.24) is 9.88 Å². The van der Waals surface area contributed by atoms with Gasteiger partial charge in [-0.15, -0.1) is 0 Å². The van der Waals surface area contributed by atoms with E-state index in [9.17, 15) is 9.59 Å². The Morgan fingerprint density at radius 3 is 2.43 bits per heavy atom. The fraction of sp³-hybridized carbons (Fsp3) is 0.458. The van der Waals surface area contributed by atoms with Crippen molar-refractivity contribution in [2.45, 2.75) is 51.0 Å². The second kappa shape index (κ2) is 7.74. The topological polar surface area (TPSA) is 62.7 Å². The Morgan fingerprint density at radius 2 is 1.77 bits per heavy atom. The average molecular weight is 408 g/mol. The summed E-state index contributed by atoms with van der Waals surface area (Å²) in [6.07, 6.45) is 3.40. The first-order valence-corrected chi connectivity index (χ1v) is 10.6. The molecule has 2 aliphatic heterocycles. The molecule has 158 valence electrons. The molecular formula is C24H29N3O3. The van der Waals surface area contributed by atoms with Gasteiger partial charge in [-0.25, -0.2) is 4.79 Å². The van der Waals surface area contributed by atoms with Crippen LogP contribution in [0.25, 0.3) is 0 Å². The van der Waals surface area contributed by atoms with E-state index in [1.807, 2.05) is 62.1 Å². The third-order valence-electron chi connectivity index (χ3n) is 5.97. The second-order valence-corrected chi connectivity index (χ2v) is 9.24. The number of rotatable bonds is 2. The highest BCUT2D eigenvalue weighted by Gasteiger charge is 2.47. The molecule has 0 radical (unpaired) electrons. The molecule has 30 heavy (non-hydrogen) atoms. The van der Waals surface area contributed by atoms with Gasteiger partial charge in [0.1, 0.15) is 5.60 Å². The first-order chi connectivity index (χ1) is 14.3. The summed E-state index contributed by atoms with van der Waals surface area (Å²) >= 11 is 0. The Hall–Kier alpha value is -2.89. The molecule has 4 rings (SSSR count). The molecule has 2 aliphatic rings. The molecule has 0 atom stereocenters. The van der Waals surface area contributed by atoms with Gasteiger partial charge in [0, 0.05) is 36.9 Å². The molecule has 6 nitrogen and oxygen atoms in total. The Labute approximate surface area is 177 Å². The lowest BCUT2D eigenvalue weighted by Crippen LogP contribution is -2.48. The van der Waals surface area contributed by atoms with Crippen LogP contribution in [0.15, 0.2) is 48.7 Å². The van der Waals surface area contributed by atoms with Gasteiger partial charge in [-0.05, 0) is 57.4 Å². The largest absolute Gasteiger partial charge is 0.443 e. The SMILES string of the molecule is CC(C)(C)OC(=O)N1CC2(CCN(C(=O)Cc3ccccn3)CC2)c2ccccc21. The van der Waals surface area contributed by atoms with E-state index in [1.165, 1.54) is 5.56 Å². The molecule has 0 aliphatic carbocycles. The molecule has 1 fully saturated rings.